The smallest absolute Gasteiger partial charge is 0.411 e. The number of likely N-dealkylation sites (N-methyl/N-ethyl adjacent to an activating group) is 1. The Morgan fingerprint density at radius 1 is 1.25 bits per heavy atom. The number of nitrogens with one attached hydrogen (secondary N) is 4. The fraction of sp³-hybridized carbons (Fsp3) is 0.476. The van der Waals surface area contributed by atoms with Gasteiger partial charge in [0, 0.05) is 19.0 Å². The summed E-state index contributed by atoms with van der Waals surface area (Å²) in [6.45, 7) is 1.80. The molecule has 0 aromatic heterocycles. The van der Waals surface area contributed by atoms with Crippen molar-refractivity contribution >= 4 is 35.3 Å². The van der Waals surface area contributed by atoms with Crippen molar-refractivity contribution in [2.24, 2.45) is 5.92 Å². The lowest BCUT2D eigenvalue weighted by atomic mass is 9.93. The van der Waals surface area contributed by atoms with Gasteiger partial charge in [0.2, 0.25) is 11.7 Å². The first kappa shape index (κ1) is 23.2. The number of rotatable bonds is 8. The molecule has 4 N–H and O–H groups in total. The Balaban J connectivity index is 1.79. The Hall–Kier alpha value is -3.50. The summed E-state index contributed by atoms with van der Waals surface area (Å²) >= 11 is 0. The van der Waals surface area contributed by atoms with Crippen LogP contribution in [0.1, 0.15) is 43.0 Å². The van der Waals surface area contributed by atoms with Gasteiger partial charge in [0.1, 0.15) is 11.9 Å². The standard InChI is InChI=1S/C21H25FN4O6/c1-10-7-11(18(28)24-10)8-16(17(27)20(30)23-2)25-19(29)14-9-12(22)3-6-15(14)26-21(31)32-13-4-5-13/h3,6,9-11,13,16H,4-5,7-8H2,1-2H3,(H,23,30)(H,24,28)(H,25,29)(H,26,31)/t10-,11+,16?/m1/s1. The number of hydrogen-bond donors (Lipinski definition) is 4. The first-order valence-electron chi connectivity index (χ1n) is 10.3. The highest BCUT2D eigenvalue weighted by molar-refractivity contribution is 6.38. The molecular formula is C21H25FN4O6. The van der Waals surface area contributed by atoms with Crippen LogP contribution in [0.4, 0.5) is 14.9 Å². The van der Waals surface area contributed by atoms with E-state index in [1.165, 1.54) is 13.1 Å². The van der Waals surface area contributed by atoms with E-state index in [1.807, 2.05) is 0 Å². The Kier molecular flexibility index (Phi) is 7.06. The highest BCUT2D eigenvalue weighted by Gasteiger charge is 2.36. The third kappa shape index (κ3) is 5.80. The fourth-order valence-corrected chi connectivity index (χ4v) is 3.48. The molecule has 3 rings (SSSR count). The quantitative estimate of drug-likeness (QED) is 0.435. The molecular weight excluding hydrogens is 423 g/mol. The number of carbonyl (C=O) groups excluding carboxylic acids is 5. The van der Waals surface area contributed by atoms with Crippen molar-refractivity contribution in [3.63, 3.8) is 0 Å². The van der Waals surface area contributed by atoms with Crippen LogP contribution >= 0.6 is 0 Å². The maximum absolute atomic E-state index is 13.9. The van der Waals surface area contributed by atoms with E-state index in [4.69, 9.17) is 4.74 Å². The first-order valence-corrected chi connectivity index (χ1v) is 10.3. The number of amides is 4. The van der Waals surface area contributed by atoms with Crippen molar-refractivity contribution in [3.05, 3.63) is 29.6 Å². The number of hydrogen-bond acceptors (Lipinski definition) is 6. The number of anilines is 1. The monoisotopic (exact) mass is 448 g/mol. The molecule has 4 amide bonds. The maximum atomic E-state index is 13.9. The minimum atomic E-state index is -1.32. The van der Waals surface area contributed by atoms with Gasteiger partial charge in [-0.05, 0) is 50.8 Å². The largest absolute Gasteiger partial charge is 0.446 e. The fourth-order valence-electron chi connectivity index (χ4n) is 3.48. The molecule has 10 nitrogen and oxygen atoms in total. The zero-order valence-electron chi connectivity index (χ0n) is 17.7. The van der Waals surface area contributed by atoms with Gasteiger partial charge in [-0.2, -0.15) is 0 Å². The van der Waals surface area contributed by atoms with Crippen LogP contribution < -0.4 is 21.3 Å². The molecule has 0 spiro atoms. The minimum Gasteiger partial charge on any atom is -0.446 e. The van der Waals surface area contributed by atoms with Gasteiger partial charge >= 0.3 is 6.09 Å². The zero-order chi connectivity index (χ0) is 23.4. The average molecular weight is 448 g/mol. The Morgan fingerprint density at radius 2 is 1.97 bits per heavy atom. The SMILES string of the molecule is CNC(=O)C(=O)C(C[C@@H]1C[C@@H](C)NC1=O)NC(=O)c1cc(F)ccc1NC(=O)OC1CC1. The molecule has 2 aliphatic rings. The third-order valence-corrected chi connectivity index (χ3v) is 5.25. The average Bonchev–Trinajstić information content (AvgIpc) is 3.50. The van der Waals surface area contributed by atoms with E-state index >= 15 is 0 Å². The van der Waals surface area contributed by atoms with Gasteiger partial charge in [0.15, 0.2) is 0 Å². The van der Waals surface area contributed by atoms with E-state index in [0.29, 0.717) is 6.42 Å². The number of ketones is 1. The second-order valence-corrected chi connectivity index (χ2v) is 7.97. The molecule has 1 saturated heterocycles. The van der Waals surface area contributed by atoms with E-state index in [-0.39, 0.29) is 35.7 Å². The van der Waals surface area contributed by atoms with Gasteiger partial charge in [0.25, 0.3) is 11.8 Å². The molecule has 32 heavy (non-hydrogen) atoms. The second kappa shape index (κ2) is 9.75. The summed E-state index contributed by atoms with van der Waals surface area (Å²) in [7, 11) is 1.27. The number of Topliss-reactive ketones (excluding diaryl/α,β-unsaturated/α-hetero) is 1. The van der Waals surface area contributed by atoms with Crippen LogP contribution in [0.2, 0.25) is 0 Å². The summed E-state index contributed by atoms with van der Waals surface area (Å²) in [5.74, 6) is -4.37. The number of halogens is 1. The molecule has 1 aliphatic heterocycles. The molecule has 1 aromatic carbocycles. The van der Waals surface area contributed by atoms with Crippen molar-refractivity contribution in [3.8, 4) is 0 Å². The summed E-state index contributed by atoms with van der Waals surface area (Å²) in [5.41, 5.74) is -0.274. The van der Waals surface area contributed by atoms with Gasteiger partial charge in [-0.25, -0.2) is 9.18 Å². The lowest BCUT2D eigenvalue weighted by Crippen LogP contribution is -2.48. The lowest BCUT2D eigenvalue weighted by molar-refractivity contribution is -0.139. The van der Waals surface area contributed by atoms with Crippen LogP contribution in [0, 0.1) is 11.7 Å². The summed E-state index contributed by atoms with van der Waals surface area (Å²) < 4.78 is 18.9. The van der Waals surface area contributed by atoms with Gasteiger partial charge in [0.05, 0.1) is 17.3 Å². The van der Waals surface area contributed by atoms with Crippen LogP contribution in [-0.4, -0.2) is 54.8 Å². The lowest BCUT2D eigenvalue weighted by Gasteiger charge is -2.20. The van der Waals surface area contributed by atoms with Crippen molar-refractivity contribution < 1.29 is 33.1 Å². The van der Waals surface area contributed by atoms with Gasteiger partial charge in [-0.3, -0.25) is 24.5 Å². The van der Waals surface area contributed by atoms with Gasteiger partial charge in [-0.15, -0.1) is 0 Å². The van der Waals surface area contributed by atoms with E-state index in [9.17, 15) is 28.4 Å². The Bertz CT molecular complexity index is 948. The van der Waals surface area contributed by atoms with Gasteiger partial charge in [-0.1, -0.05) is 0 Å². The molecule has 0 radical (unpaired) electrons. The zero-order valence-corrected chi connectivity index (χ0v) is 17.7. The summed E-state index contributed by atoms with van der Waals surface area (Å²) in [5, 5.41) is 9.74. The highest BCUT2D eigenvalue weighted by atomic mass is 19.1. The van der Waals surface area contributed by atoms with Crippen molar-refractivity contribution in [2.75, 3.05) is 12.4 Å². The van der Waals surface area contributed by atoms with Crippen LogP contribution in [0.25, 0.3) is 0 Å². The van der Waals surface area contributed by atoms with E-state index in [2.05, 4.69) is 21.3 Å². The molecule has 2 fully saturated rings. The molecule has 1 aliphatic carbocycles. The molecule has 172 valence electrons. The summed E-state index contributed by atoms with van der Waals surface area (Å²) in [4.78, 5) is 61.5. The van der Waals surface area contributed by atoms with Crippen molar-refractivity contribution in [1.29, 1.82) is 0 Å². The molecule has 1 saturated carbocycles. The number of carbonyl (C=O) groups is 5. The third-order valence-electron chi connectivity index (χ3n) is 5.25. The predicted octanol–water partition coefficient (Wildman–Crippen LogP) is 0.865. The van der Waals surface area contributed by atoms with Crippen LogP contribution in [-0.2, 0) is 19.1 Å². The first-order chi connectivity index (χ1) is 15.2. The van der Waals surface area contributed by atoms with Crippen LogP contribution in [0.3, 0.4) is 0 Å². The Morgan fingerprint density at radius 3 is 2.56 bits per heavy atom. The topological polar surface area (TPSA) is 143 Å². The van der Waals surface area contributed by atoms with Crippen LogP contribution in [0.15, 0.2) is 18.2 Å². The molecule has 1 heterocycles. The summed E-state index contributed by atoms with van der Waals surface area (Å²) in [6.07, 6.45) is 0.869. The van der Waals surface area contributed by atoms with E-state index < -0.39 is 41.5 Å². The van der Waals surface area contributed by atoms with Gasteiger partial charge < -0.3 is 20.7 Å². The van der Waals surface area contributed by atoms with Crippen LogP contribution in [0.5, 0.6) is 0 Å². The molecule has 1 aromatic rings. The van der Waals surface area contributed by atoms with E-state index in [1.54, 1.807) is 6.92 Å². The second-order valence-electron chi connectivity index (χ2n) is 7.97. The molecule has 11 heteroatoms. The predicted molar refractivity (Wildman–Crippen MR) is 110 cm³/mol. The number of ether oxygens (including phenoxy) is 1. The van der Waals surface area contributed by atoms with Crippen molar-refractivity contribution in [2.45, 2.75) is 50.8 Å². The maximum Gasteiger partial charge on any atom is 0.411 e. The molecule has 1 unspecified atom stereocenters. The van der Waals surface area contributed by atoms with Crippen molar-refractivity contribution in [1.82, 2.24) is 16.0 Å². The highest BCUT2D eigenvalue weighted by Crippen LogP contribution is 2.25. The molecule has 0 bridgehead atoms. The minimum absolute atomic E-state index is 0.0204. The normalized spacial score (nSPS) is 20.7. The Labute approximate surface area is 183 Å². The number of benzene rings is 1. The summed E-state index contributed by atoms with van der Waals surface area (Å²) in [6, 6.07) is 1.72. The molecule has 3 atom stereocenters. The van der Waals surface area contributed by atoms with E-state index in [0.717, 1.165) is 25.0 Å².